The SMILES string of the molecule is CN=C(NCCCOCC1CCOCC1)N1CCN(c2ccc(F)cc2)CC1.I. The van der Waals surface area contributed by atoms with Crippen molar-refractivity contribution in [3.05, 3.63) is 30.1 Å². The maximum atomic E-state index is 13.1. The summed E-state index contributed by atoms with van der Waals surface area (Å²) in [5, 5.41) is 3.45. The average Bonchev–Trinajstić information content (AvgIpc) is 2.75. The molecule has 0 spiro atoms. The van der Waals surface area contributed by atoms with Crippen LogP contribution >= 0.6 is 24.0 Å². The third-order valence-corrected chi connectivity index (χ3v) is 5.43. The van der Waals surface area contributed by atoms with Crippen LogP contribution in [0.1, 0.15) is 19.3 Å². The first kappa shape index (κ1) is 24.1. The van der Waals surface area contributed by atoms with Crippen LogP contribution in [-0.2, 0) is 9.47 Å². The molecule has 2 aliphatic heterocycles. The predicted molar refractivity (Wildman–Crippen MR) is 126 cm³/mol. The highest BCUT2D eigenvalue weighted by molar-refractivity contribution is 14.0. The van der Waals surface area contributed by atoms with Gasteiger partial charge in [-0.15, -0.1) is 24.0 Å². The predicted octanol–water partition coefficient (Wildman–Crippen LogP) is 2.97. The maximum absolute atomic E-state index is 13.1. The lowest BCUT2D eigenvalue weighted by molar-refractivity contribution is 0.0203. The molecule has 8 heteroatoms. The highest BCUT2D eigenvalue weighted by Gasteiger charge is 2.19. The number of nitrogens with zero attached hydrogens (tertiary/aromatic N) is 3. The molecule has 2 saturated heterocycles. The molecule has 2 fully saturated rings. The number of aliphatic imine (C=N–C) groups is 1. The van der Waals surface area contributed by atoms with Gasteiger partial charge in [-0.1, -0.05) is 0 Å². The minimum atomic E-state index is -0.191. The van der Waals surface area contributed by atoms with Crippen molar-refractivity contribution in [2.24, 2.45) is 10.9 Å². The van der Waals surface area contributed by atoms with Gasteiger partial charge < -0.3 is 24.6 Å². The van der Waals surface area contributed by atoms with E-state index in [0.717, 1.165) is 90.1 Å². The molecule has 0 amide bonds. The monoisotopic (exact) mass is 520 g/mol. The van der Waals surface area contributed by atoms with E-state index in [1.807, 2.05) is 19.2 Å². The molecule has 1 aromatic rings. The second-order valence-corrected chi connectivity index (χ2v) is 7.41. The van der Waals surface area contributed by atoms with Gasteiger partial charge in [0.1, 0.15) is 5.82 Å². The van der Waals surface area contributed by atoms with Gasteiger partial charge in [0.2, 0.25) is 0 Å². The highest BCUT2D eigenvalue weighted by atomic mass is 127. The smallest absolute Gasteiger partial charge is 0.193 e. The van der Waals surface area contributed by atoms with Crippen LogP contribution in [0.15, 0.2) is 29.3 Å². The molecule has 164 valence electrons. The fourth-order valence-corrected chi connectivity index (χ4v) is 3.70. The fraction of sp³-hybridized carbons (Fsp3) is 0.667. The second kappa shape index (κ2) is 13.2. The summed E-state index contributed by atoms with van der Waals surface area (Å²) in [5.74, 6) is 1.42. The zero-order chi connectivity index (χ0) is 19.6. The van der Waals surface area contributed by atoms with E-state index >= 15 is 0 Å². The average molecular weight is 520 g/mol. The minimum absolute atomic E-state index is 0. The third kappa shape index (κ3) is 7.90. The molecule has 0 bridgehead atoms. The summed E-state index contributed by atoms with van der Waals surface area (Å²) in [6, 6.07) is 6.73. The molecule has 0 aromatic heterocycles. The van der Waals surface area contributed by atoms with Gasteiger partial charge in [0.15, 0.2) is 5.96 Å². The van der Waals surface area contributed by atoms with Crippen molar-refractivity contribution in [1.82, 2.24) is 10.2 Å². The largest absolute Gasteiger partial charge is 0.381 e. The number of guanidine groups is 1. The number of anilines is 1. The van der Waals surface area contributed by atoms with Crippen LogP contribution in [0, 0.1) is 11.7 Å². The Kier molecular flexibility index (Phi) is 11.0. The maximum Gasteiger partial charge on any atom is 0.193 e. The molecule has 0 aliphatic carbocycles. The van der Waals surface area contributed by atoms with E-state index in [1.54, 1.807) is 0 Å². The number of hydrogen-bond acceptors (Lipinski definition) is 4. The lowest BCUT2D eigenvalue weighted by Crippen LogP contribution is -2.52. The Bertz CT molecular complexity index is 603. The van der Waals surface area contributed by atoms with E-state index < -0.39 is 0 Å². The van der Waals surface area contributed by atoms with Crippen molar-refractivity contribution in [1.29, 1.82) is 0 Å². The topological polar surface area (TPSA) is 49.3 Å². The molecule has 29 heavy (non-hydrogen) atoms. The van der Waals surface area contributed by atoms with E-state index in [1.165, 1.54) is 12.1 Å². The quantitative estimate of drug-likeness (QED) is 0.260. The summed E-state index contributed by atoms with van der Waals surface area (Å²) >= 11 is 0. The Morgan fingerprint density at radius 2 is 1.86 bits per heavy atom. The molecule has 2 aliphatic rings. The first-order valence-electron chi connectivity index (χ1n) is 10.4. The summed E-state index contributed by atoms with van der Waals surface area (Å²) in [6.45, 7) is 7.85. The van der Waals surface area contributed by atoms with Gasteiger partial charge in [-0.05, 0) is 49.4 Å². The van der Waals surface area contributed by atoms with Crippen LogP contribution in [0.3, 0.4) is 0 Å². The first-order valence-corrected chi connectivity index (χ1v) is 10.4. The fourth-order valence-electron chi connectivity index (χ4n) is 3.70. The molecule has 0 atom stereocenters. The van der Waals surface area contributed by atoms with Crippen molar-refractivity contribution in [3.8, 4) is 0 Å². The lowest BCUT2D eigenvalue weighted by atomic mass is 10.0. The van der Waals surface area contributed by atoms with Crippen LogP contribution in [0.2, 0.25) is 0 Å². The molecular formula is C21H34FIN4O2. The molecule has 3 rings (SSSR count). The zero-order valence-corrected chi connectivity index (χ0v) is 19.6. The van der Waals surface area contributed by atoms with Crippen LogP contribution in [0.5, 0.6) is 0 Å². The second-order valence-electron chi connectivity index (χ2n) is 7.41. The van der Waals surface area contributed by atoms with E-state index in [0.29, 0.717) is 5.92 Å². The van der Waals surface area contributed by atoms with E-state index in [-0.39, 0.29) is 29.8 Å². The van der Waals surface area contributed by atoms with Gasteiger partial charge in [-0.3, -0.25) is 4.99 Å². The number of halogens is 2. The summed E-state index contributed by atoms with van der Waals surface area (Å²) in [7, 11) is 1.83. The highest BCUT2D eigenvalue weighted by Crippen LogP contribution is 2.17. The van der Waals surface area contributed by atoms with Gasteiger partial charge in [0.25, 0.3) is 0 Å². The molecule has 2 heterocycles. The molecule has 0 radical (unpaired) electrons. The van der Waals surface area contributed by atoms with E-state index in [2.05, 4.69) is 20.1 Å². The number of nitrogens with one attached hydrogen (secondary N) is 1. The van der Waals surface area contributed by atoms with Crippen molar-refractivity contribution in [3.63, 3.8) is 0 Å². The summed E-state index contributed by atoms with van der Waals surface area (Å²) in [4.78, 5) is 8.99. The number of ether oxygens (including phenoxy) is 2. The number of piperazine rings is 1. The van der Waals surface area contributed by atoms with Crippen LogP contribution in [0.4, 0.5) is 10.1 Å². The van der Waals surface area contributed by atoms with Crippen LogP contribution in [-0.4, -0.2) is 77.1 Å². The third-order valence-electron chi connectivity index (χ3n) is 5.43. The van der Waals surface area contributed by atoms with Crippen molar-refractivity contribution < 1.29 is 13.9 Å². The molecular weight excluding hydrogens is 486 g/mol. The van der Waals surface area contributed by atoms with Gasteiger partial charge in [-0.25, -0.2) is 4.39 Å². The number of hydrogen-bond donors (Lipinski definition) is 1. The number of benzene rings is 1. The lowest BCUT2D eigenvalue weighted by Gasteiger charge is -2.37. The summed E-state index contributed by atoms with van der Waals surface area (Å²) < 4.78 is 24.3. The molecule has 0 unspecified atom stereocenters. The molecule has 1 aromatic carbocycles. The summed E-state index contributed by atoms with van der Waals surface area (Å²) in [5.41, 5.74) is 1.07. The Morgan fingerprint density at radius 1 is 1.17 bits per heavy atom. The zero-order valence-electron chi connectivity index (χ0n) is 17.3. The van der Waals surface area contributed by atoms with Crippen molar-refractivity contribution in [2.75, 3.05) is 71.1 Å². The summed E-state index contributed by atoms with van der Waals surface area (Å²) in [6.07, 6.45) is 3.21. The van der Waals surface area contributed by atoms with E-state index in [4.69, 9.17) is 9.47 Å². The molecule has 1 N–H and O–H groups in total. The van der Waals surface area contributed by atoms with Crippen LogP contribution < -0.4 is 10.2 Å². The standard InChI is InChI=1S/C21H33FN4O2.HI/c1-23-21(24-9-2-14-28-17-18-7-15-27-16-8-18)26-12-10-25(11-13-26)20-5-3-19(22)4-6-20;/h3-6,18H,2,7-17H2,1H3,(H,23,24);1H. The van der Waals surface area contributed by atoms with Crippen molar-refractivity contribution >= 4 is 35.6 Å². The Morgan fingerprint density at radius 3 is 2.52 bits per heavy atom. The molecule has 0 saturated carbocycles. The van der Waals surface area contributed by atoms with Gasteiger partial charge in [0, 0.05) is 71.9 Å². The Hall–Kier alpha value is -1.13. The minimum Gasteiger partial charge on any atom is -0.381 e. The van der Waals surface area contributed by atoms with Gasteiger partial charge in [-0.2, -0.15) is 0 Å². The van der Waals surface area contributed by atoms with Gasteiger partial charge in [0.05, 0.1) is 0 Å². The number of rotatable bonds is 7. The van der Waals surface area contributed by atoms with Gasteiger partial charge >= 0.3 is 0 Å². The Labute approximate surface area is 190 Å². The first-order chi connectivity index (χ1) is 13.8. The normalized spacial score (nSPS) is 18.5. The Balaban J connectivity index is 0.00000300. The van der Waals surface area contributed by atoms with Crippen LogP contribution in [0.25, 0.3) is 0 Å². The van der Waals surface area contributed by atoms with E-state index in [9.17, 15) is 4.39 Å². The van der Waals surface area contributed by atoms with Crippen molar-refractivity contribution in [2.45, 2.75) is 19.3 Å². The molecule has 6 nitrogen and oxygen atoms in total.